The predicted molar refractivity (Wildman–Crippen MR) is 77.3 cm³/mol. The largest absolute Gasteiger partial charge is 0.333 e. The van der Waals surface area contributed by atoms with Crippen LogP contribution >= 0.6 is 0 Å². The van der Waals surface area contributed by atoms with Crippen LogP contribution in [-0.4, -0.2) is 36.5 Å². The zero-order valence-corrected chi connectivity index (χ0v) is 11.1. The number of amides is 1. The lowest BCUT2D eigenvalue weighted by atomic mass is 10.1. The van der Waals surface area contributed by atoms with Crippen molar-refractivity contribution in [2.24, 2.45) is 0 Å². The van der Waals surface area contributed by atoms with E-state index in [1.54, 1.807) is 0 Å². The predicted octanol–water partition coefficient (Wildman–Crippen LogP) is 2.27. The fourth-order valence-electron chi connectivity index (χ4n) is 2.63. The smallest absolute Gasteiger partial charge is 0.254 e. The molecule has 1 saturated heterocycles. The van der Waals surface area contributed by atoms with Gasteiger partial charge in [0.1, 0.15) is 0 Å². The summed E-state index contributed by atoms with van der Waals surface area (Å²) < 4.78 is 0. The van der Waals surface area contributed by atoms with Gasteiger partial charge in [-0.2, -0.15) is 0 Å². The Morgan fingerprint density at radius 1 is 1.21 bits per heavy atom. The zero-order chi connectivity index (χ0) is 13.2. The quantitative estimate of drug-likeness (QED) is 0.846. The Kier molecular flexibility index (Phi) is 3.22. The third kappa shape index (κ3) is 2.34. The van der Waals surface area contributed by atoms with Crippen molar-refractivity contribution in [3.63, 3.8) is 0 Å². The molecule has 1 atom stereocenters. The van der Waals surface area contributed by atoms with Crippen molar-refractivity contribution < 1.29 is 4.79 Å². The number of piperazine rings is 1. The number of nitrogens with one attached hydrogen (secondary N) is 1. The summed E-state index contributed by atoms with van der Waals surface area (Å²) >= 11 is 0. The number of hydrogen-bond acceptors (Lipinski definition) is 2. The minimum absolute atomic E-state index is 0.139. The molecule has 3 nitrogen and oxygen atoms in total. The number of fused-ring (bicyclic) bond motifs is 1. The van der Waals surface area contributed by atoms with Crippen molar-refractivity contribution >= 4 is 16.7 Å². The highest BCUT2D eigenvalue weighted by molar-refractivity contribution is 5.98. The summed E-state index contributed by atoms with van der Waals surface area (Å²) in [5.41, 5.74) is 0.785. The maximum absolute atomic E-state index is 12.6. The van der Waals surface area contributed by atoms with Crippen molar-refractivity contribution in [3.8, 4) is 0 Å². The Morgan fingerprint density at radius 3 is 2.79 bits per heavy atom. The van der Waals surface area contributed by atoms with Crippen molar-refractivity contribution in [2.75, 3.05) is 19.6 Å². The van der Waals surface area contributed by atoms with E-state index in [2.05, 4.69) is 18.3 Å². The summed E-state index contributed by atoms with van der Waals surface area (Å²) in [6, 6.07) is 14.3. The van der Waals surface area contributed by atoms with Crippen LogP contribution in [0.1, 0.15) is 17.3 Å². The molecule has 0 unspecified atom stereocenters. The third-order valence-electron chi connectivity index (χ3n) is 3.76. The van der Waals surface area contributed by atoms with Gasteiger partial charge in [-0.15, -0.1) is 0 Å². The lowest BCUT2D eigenvalue weighted by Crippen LogP contribution is -2.52. The molecular weight excluding hydrogens is 236 g/mol. The van der Waals surface area contributed by atoms with Gasteiger partial charge in [0.05, 0.1) is 0 Å². The molecule has 1 N–H and O–H groups in total. The average molecular weight is 254 g/mol. The van der Waals surface area contributed by atoms with Crippen LogP contribution < -0.4 is 5.32 Å². The molecule has 1 amide bonds. The van der Waals surface area contributed by atoms with Crippen LogP contribution in [0.15, 0.2) is 42.5 Å². The van der Waals surface area contributed by atoms with Gasteiger partial charge >= 0.3 is 0 Å². The molecule has 2 aromatic rings. The lowest BCUT2D eigenvalue weighted by molar-refractivity contribution is 0.0656. The summed E-state index contributed by atoms with van der Waals surface area (Å²) in [5.74, 6) is 0.139. The van der Waals surface area contributed by atoms with Crippen LogP contribution in [0.5, 0.6) is 0 Å². The van der Waals surface area contributed by atoms with Gasteiger partial charge in [-0.05, 0) is 29.8 Å². The average Bonchev–Trinajstić information content (AvgIpc) is 2.46. The maximum Gasteiger partial charge on any atom is 0.254 e. The number of carbonyl (C=O) groups is 1. The van der Waals surface area contributed by atoms with Crippen LogP contribution in [0.2, 0.25) is 0 Å². The number of hydrogen-bond donors (Lipinski definition) is 1. The van der Waals surface area contributed by atoms with Crippen molar-refractivity contribution in [2.45, 2.75) is 13.0 Å². The SMILES string of the molecule is C[C@@H]1CNCCN1C(=O)c1ccc2ccccc2c1. The normalized spacial score (nSPS) is 19.6. The highest BCUT2D eigenvalue weighted by Gasteiger charge is 2.23. The molecule has 0 spiro atoms. The van der Waals surface area contributed by atoms with E-state index >= 15 is 0 Å². The minimum atomic E-state index is 0.139. The highest BCUT2D eigenvalue weighted by atomic mass is 16.2. The van der Waals surface area contributed by atoms with Gasteiger partial charge in [-0.3, -0.25) is 4.79 Å². The van der Waals surface area contributed by atoms with Crippen LogP contribution in [0, 0.1) is 0 Å². The van der Waals surface area contributed by atoms with Gasteiger partial charge in [0.25, 0.3) is 5.91 Å². The van der Waals surface area contributed by atoms with E-state index in [0.29, 0.717) is 0 Å². The molecule has 1 aliphatic rings. The lowest BCUT2D eigenvalue weighted by Gasteiger charge is -2.34. The van der Waals surface area contributed by atoms with Crippen molar-refractivity contribution in [3.05, 3.63) is 48.0 Å². The molecule has 98 valence electrons. The molecule has 1 fully saturated rings. The van der Waals surface area contributed by atoms with Gasteiger partial charge in [-0.1, -0.05) is 30.3 Å². The summed E-state index contributed by atoms with van der Waals surface area (Å²) in [4.78, 5) is 14.5. The van der Waals surface area contributed by atoms with Crippen molar-refractivity contribution in [1.29, 1.82) is 0 Å². The van der Waals surface area contributed by atoms with E-state index in [-0.39, 0.29) is 11.9 Å². The fourth-order valence-corrected chi connectivity index (χ4v) is 2.63. The van der Waals surface area contributed by atoms with Gasteiger partial charge in [0, 0.05) is 31.2 Å². The molecule has 0 saturated carbocycles. The molecular formula is C16H18N2O. The van der Waals surface area contributed by atoms with Crippen LogP contribution in [0.3, 0.4) is 0 Å². The van der Waals surface area contributed by atoms with E-state index < -0.39 is 0 Å². The van der Waals surface area contributed by atoms with Crippen LogP contribution in [0.4, 0.5) is 0 Å². The van der Waals surface area contributed by atoms with E-state index in [1.807, 2.05) is 41.3 Å². The second kappa shape index (κ2) is 5.02. The molecule has 3 heteroatoms. The molecule has 0 bridgehead atoms. The molecule has 19 heavy (non-hydrogen) atoms. The Labute approximate surface area is 113 Å². The Balaban J connectivity index is 1.92. The van der Waals surface area contributed by atoms with Gasteiger partial charge < -0.3 is 10.2 Å². The summed E-state index contributed by atoms with van der Waals surface area (Å²) in [5, 5.41) is 5.60. The first kappa shape index (κ1) is 12.2. The monoisotopic (exact) mass is 254 g/mol. The molecule has 1 aliphatic heterocycles. The molecule has 0 aromatic heterocycles. The fraction of sp³-hybridized carbons (Fsp3) is 0.312. The maximum atomic E-state index is 12.6. The summed E-state index contributed by atoms with van der Waals surface area (Å²) in [6.07, 6.45) is 0. The summed E-state index contributed by atoms with van der Waals surface area (Å²) in [6.45, 7) is 4.63. The molecule has 2 aromatic carbocycles. The number of benzene rings is 2. The van der Waals surface area contributed by atoms with E-state index in [9.17, 15) is 4.79 Å². The second-order valence-corrected chi connectivity index (χ2v) is 5.11. The van der Waals surface area contributed by atoms with Gasteiger partial charge in [0.2, 0.25) is 0 Å². The van der Waals surface area contributed by atoms with E-state index in [0.717, 1.165) is 30.6 Å². The Morgan fingerprint density at radius 2 is 2.00 bits per heavy atom. The number of carbonyl (C=O) groups excluding carboxylic acids is 1. The van der Waals surface area contributed by atoms with Gasteiger partial charge in [-0.25, -0.2) is 0 Å². The first-order chi connectivity index (χ1) is 9.25. The topological polar surface area (TPSA) is 32.3 Å². The molecule has 0 radical (unpaired) electrons. The minimum Gasteiger partial charge on any atom is -0.333 e. The van der Waals surface area contributed by atoms with Gasteiger partial charge in [0.15, 0.2) is 0 Å². The molecule has 1 heterocycles. The first-order valence-electron chi connectivity index (χ1n) is 6.76. The molecule has 0 aliphatic carbocycles. The first-order valence-corrected chi connectivity index (χ1v) is 6.76. The molecule has 3 rings (SSSR count). The van der Waals surface area contributed by atoms with E-state index in [1.165, 1.54) is 5.39 Å². The highest BCUT2D eigenvalue weighted by Crippen LogP contribution is 2.18. The second-order valence-electron chi connectivity index (χ2n) is 5.11. The number of nitrogens with zero attached hydrogens (tertiary/aromatic N) is 1. The van der Waals surface area contributed by atoms with Crippen molar-refractivity contribution in [1.82, 2.24) is 10.2 Å². The van der Waals surface area contributed by atoms with Crippen LogP contribution in [0.25, 0.3) is 10.8 Å². The number of rotatable bonds is 1. The Hall–Kier alpha value is -1.87. The Bertz CT molecular complexity index is 608. The standard InChI is InChI=1S/C16H18N2O/c1-12-11-17-8-9-18(12)16(19)15-7-6-13-4-2-3-5-14(13)10-15/h2-7,10,12,17H,8-9,11H2,1H3/t12-/m1/s1. The summed E-state index contributed by atoms with van der Waals surface area (Å²) in [7, 11) is 0. The van der Waals surface area contributed by atoms with Crippen LogP contribution in [-0.2, 0) is 0 Å². The third-order valence-corrected chi connectivity index (χ3v) is 3.76. The van der Waals surface area contributed by atoms with E-state index in [4.69, 9.17) is 0 Å². The zero-order valence-electron chi connectivity index (χ0n) is 11.1.